The van der Waals surface area contributed by atoms with Gasteiger partial charge in [0.25, 0.3) is 0 Å². The van der Waals surface area contributed by atoms with Gasteiger partial charge in [0.05, 0.1) is 6.20 Å². The SMILES string of the molecule is CCNCCNc1ncc(F)cc1F. The van der Waals surface area contributed by atoms with Gasteiger partial charge in [-0.3, -0.25) is 0 Å². The third-order valence-corrected chi connectivity index (χ3v) is 1.65. The summed E-state index contributed by atoms with van der Waals surface area (Å²) in [6, 6.07) is 0.808. The summed E-state index contributed by atoms with van der Waals surface area (Å²) >= 11 is 0. The third kappa shape index (κ3) is 3.26. The first-order valence-electron chi connectivity index (χ1n) is 4.49. The van der Waals surface area contributed by atoms with Gasteiger partial charge in [-0.2, -0.15) is 0 Å². The van der Waals surface area contributed by atoms with E-state index >= 15 is 0 Å². The molecule has 0 aliphatic rings. The second-order valence-electron chi connectivity index (χ2n) is 2.76. The molecule has 5 heteroatoms. The van der Waals surface area contributed by atoms with E-state index in [1.54, 1.807) is 0 Å². The summed E-state index contributed by atoms with van der Waals surface area (Å²) in [5.74, 6) is -1.24. The van der Waals surface area contributed by atoms with Crippen LogP contribution in [0.2, 0.25) is 0 Å². The summed E-state index contributed by atoms with van der Waals surface area (Å²) < 4.78 is 25.4. The highest BCUT2D eigenvalue weighted by molar-refractivity contribution is 5.35. The minimum Gasteiger partial charge on any atom is -0.366 e. The Labute approximate surface area is 81.5 Å². The maximum Gasteiger partial charge on any atom is 0.168 e. The molecular formula is C9H13F2N3. The minimum atomic E-state index is -0.667. The number of nitrogens with zero attached hydrogens (tertiary/aromatic N) is 1. The van der Waals surface area contributed by atoms with E-state index in [-0.39, 0.29) is 5.82 Å². The summed E-state index contributed by atoms with van der Waals surface area (Å²) in [6.07, 6.45) is 0.985. The van der Waals surface area contributed by atoms with E-state index in [1.807, 2.05) is 6.92 Å². The first-order valence-corrected chi connectivity index (χ1v) is 4.49. The van der Waals surface area contributed by atoms with Crippen LogP contribution in [0, 0.1) is 11.6 Å². The Balaban J connectivity index is 2.42. The highest BCUT2D eigenvalue weighted by Gasteiger charge is 2.03. The smallest absolute Gasteiger partial charge is 0.168 e. The van der Waals surface area contributed by atoms with Gasteiger partial charge in [0, 0.05) is 19.2 Å². The Morgan fingerprint density at radius 1 is 1.36 bits per heavy atom. The van der Waals surface area contributed by atoms with Crippen molar-refractivity contribution in [2.24, 2.45) is 0 Å². The zero-order chi connectivity index (χ0) is 10.4. The van der Waals surface area contributed by atoms with Crippen molar-refractivity contribution in [1.29, 1.82) is 0 Å². The second-order valence-corrected chi connectivity index (χ2v) is 2.76. The molecular weight excluding hydrogens is 188 g/mol. The molecule has 0 saturated heterocycles. The second kappa shape index (κ2) is 5.49. The molecule has 0 amide bonds. The van der Waals surface area contributed by atoms with Crippen LogP contribution in [0.3, 0.4) is 0 Å². The van der Waals surface area contributed by atoms with E-state index in [4.69, 9.17) is 0 Å². The number of hydrogen-bond acceptors (Lipinski definition) is 3. The highest BCUT2D eigenvalue weighted by Crippen LogP contribution is 2.10. The van der Waals surface area contributed by atoms with Crippen LogP contribution in [0.1, 0.15) is 6.92 Å². The van der Waals surface area contributed by atoms with Crippen molar-refractivity contribution < 1.29 is 8.78 Å². The number of halogens is 2. The molecule has 0 radical (unpaired) electrons. The van der Waals surface area contributed by atoms with Gasteiger partial charge in [0.15, 0.2) is 11.6 Å². The zero-order valence-corrected chi connectivity index (χ0v) is 7.98. The van der Waals surface area contributed by atoms with Gasteiger partial charge in [-0.1, -0.05) is 6.92 Å². The van der Waals surface area contributed by atoms with E-state index in [0.717, 1.165) is 25.4 Å². The van der Waals surface area contributed by atoms with Crippen molar-refractivity contribution in [2.45, 2.75) is 6.92 Å². The third-order valence-electron chi connectivity index (χ3n) is 1.65. The maximum absolute atomic E-state index is 13.0. The molecule has 0 atom stereocenters. The molecule has 1 heterocycles. The summed E-state index contributed by atoms with van der Waals surface area (Å²) in [5, 5.41) is 5.82. The molecule has 0 unspecified atom stereocenters. The molecule has 0 aliphatic carbocycles. The van der Waals surface area contributed by atoms with Crippen LogP contribution in [0.5, 0.6) is 0 Å². The number of rotatable bonds is 5. The molecule has 0 aliphatic heterocycles. The fourth-order valence-electron chi connectivity index (χ4n) is 0.991. The van der Waals surface area contributed by atoms with E-state index in [9.17, 15) is 8.78 Å². The van der Waals surface area contributed by atoms with E-state index < -0.39 is 11.6 Å². The van der Waals surface area contributed by atoms with E-state index in [2.05, 4.69) is 15.6 Å². The van der Waals surface area contributed by atoms with E-state index in [0.29, 0.717) is 6.54 Å². The Hall–Kier alpha value is -1.23. The number of aromatic nitrogens is 1. The Morgan fingerprint density at radius 3 is 2.79 bits per heavy atom. The molecule has 0 saturated carbocycles. The van der Waals surface area contributed by atoms with Crippen molar-refractivity contribution in [3.63, 3.8) is 0 Å². The number of likely N-dealkylation sites (N-methyl/N-ethyl adjacent to an activating group) is 1. The standard InChI is InChI=1S/C9H13F2N3/c1-2-12-3-4-13-9-8(11)5-7(10)6-14-9/h5-6,12H,2-4H2,1H3,(H,13,14). The Morgan fingerprint density at radius 2 is 2.14 bits per heavy atom. The van der Waals surface area contributed by atoms with Crippen LogP contribution in [-0.4, -0.2) is 24.6 Å². The highest BCUT2D eigenvalue weighted by atomic mass is 19.1. The molecule has 3 nitrogen and oxygen atoms in total. The fourth-order valence-corrected chi connectivity index (χ4v) is 0.991. The Kier molecular flexibility index (Phi) is 4.25. The van der Waals surface area contributed by atoms with Crippen LogP contribution in [0.15, 0.2) is 12.3 Å². The average Bonchev–Trinajstić information content (AvgIpc) is 2.15. The lowest BCUT2D eigenvalue weighted by atomic mass is 10.4. The van der Waals surface area contributed by atoms with Gasteiger partial charge in [-0.25, -0.2) is 13.8 Å². The van der Waals surface area contributed by atoms with Crippen LogP contribution in [-0.2, 0) is 0 Å². The first kappa shape index (κ1) is 10.8. The number of pyridine rings is 1. The molecule has 0 fully saturated rings. The molecule has 1 aromatic rings. The van der Waals surface area contributed by atoms with Crippen LogP contribution in [0.4, 0.5) is 14.6 Å². The molecule has 78 valence electrons. The maximum atomic E-state index is 13.0. The molecule has 1 aromatic heterocycles. The quantitative estimate of drug-likeness (QED) is 0.707. The molecule has 0 aromatic carbocycles. The normalized spacial score (nSPS) is 10.2. The summed E-state index contributed by atoms with van der Waals surface area (Å²) in [4.78, 5) is 3.59. The summed E-state index contributed by atoms with van der Waals surface area (Å²) in [7, 11) is 0. The first-order chi connectivity index (χ1) is 6.74. The van der Waals surface area contributed by atoms with E-state index in [1.165, 1.54) is 0 Å². The van der Waals surface area contributed by atoms with Crippen LogP contribution < -0.4 is 10.6 Å². The molecule has 14 heavy (non-hydrogen) atoms. The lowest BCUT2D eigenvalue weighted by Gasteiger charge is -2.06. The minimum absolute atomic E-state index is 0.0873. The zero-order valence-electron chi connectivity index (χ0n) is 7.98. The summed E-state index contributed by atoms with van der Waals surface area (Å²) in [5.41, 5.74) is 0. The number of hydrogen-bond donors (Lipinski definition) is 2. The van der Waals surface area contributed by atoms with Gasteiger partial charge < -0.3 is 10.6 Å². The van der Waals surface area contributed by atoms with Gasteiger partial charge in [-0.15, -0.1) is 0 Å². The average molecular weight is 201 g/mol. The van der Waals surface area contributed by atoms with Crippen molar-refractivity contribution in [3.05, 3.63) is 23.9 Å². The van der Waals surface area contributed by atoms with Crippen molar-refractivity contribution in [3.8, 4) is 0 Å². The largest absolute Gasteiger partial charge is 0.366 e. The molecule has 0 bridgehead atoms. The topological polar surface area (TPSA) is 37.0 Å². The summed E-state index contributed by atoms with van der Waals surface area (Å²) in [6.45, 7) is 4.12. The van der Waals surface area contributed by atoms with Crippen LogP contribution in [0.25, 0.3) is 0 Å². The fraction of sp³-hybridized carbons (Fsp3) is 0.444. The van der Waals surface area contributed by atoms with Gasteiger partial charge in [-0.05, 0) is 6.54 Å². The predicted molar refractivity (Wildman–Crippen MR) is 51.2 cm³/mol. The molecule has 0 spiro atoms. The number of anilines is 1. The van der Waals surface area contributed by atoms with Crippen molar-refractivity contribution in [1.82, 2.24) is 10.3 Å². The predicted octanol–water partition coefficient (Wildman–Crippen LogP) is 1.38. The number of nitrogens with one attached hydrogen (secondary N) is 2. The van der Waals surface area contributed by atoms with Crippen molar-refractivity contribution in [2.75, 3.05) is 25.0 Å². The van der Waals surface area contributed by atoms with Gasteiger partial charge in [0.1, 0.15) is 5.82 Å². The van der Waals surface area contributed by atoms with Crippen LogP contribution >= 0.6 is 0 Å². The van der Waals surface area contributed by atoms with Gasteiger partial charge >= 0.3 is 0 Å². The Bertz CT molecular complexity index is 291. The van der Waals surface area contributed by atoms with Gasteiger partial charge in [0.2, 0.25) is 0 Å². The van der Waals surface area contributed by atoms with Crippen molar-refractivity contribution >= 4 is 5.82 Å². The lowest BCUT2D eigenvalue weighted by Crippen LogP contribution is -2.22. The monoisotopic (exact) mass is 201 g/mol. The molecule has 1 rings (SSSR count). The lowest BCUT2D eigenvalue weighted by molar-refractivity contribution is 0.575. The molecule has 2 N–H and O–H groups in total.